The molecule has 5 N–H and O–H groups in total. The number of ketones is 1. The second kappa shape index (κ2) is 23.8. The van der Waals surface area contributed by atoms with E-state index in [2.05, 4.69) is 16.1 Å². The number of hydrazine groups is 1. The van der Waals surface area contributed by atoms with Gasteiger partial charge in [0.1, 0.15) is 41.5 Å². The van der Waals surface area contributed by atoms with Crippen molar-refractivity contribution in [3.8, 4) is 11.5 Å². The number of carbonyl (C=O) groups excluding carboxylic acids is 6. The third-order valence-corrected chi connectivity index (χ3v) is 10.6. The van der Waals surface area contributed by atoms with Gasteiger partial charge in [0.25, 0.3) is 5.91 Å². The fourth-order valence-electron chi connectivity index (χ4n) is 7.06. The van der Waals surface area contributed by atoms with Gasteiger partial charge in [-0.25, -0.2) is 10.2 Å². The molecule has 14 heteroatoms. The number of phenolic OH excluding ortho intramolecular Hbond substituents is 1. The zero-order valence-corrected chi connectivity index (χ0v) is 35.6. The zero-order chi connectivity index (χ0) is 44.5. The van der Waals surface area contributed by atoms with Gasteiger partial charge < -0.3 is 35.1 Å². The van der Waals surface area contributed by atoms with Crippen LogP contribution < -0.4 is 20.8 Å². The lowest BCUT2D eigenvalue weighted by Crippen LogP contribution is -2.62. The van der Waals surface area contributed by atoms with Crippen molar-refractivity contribution >= 4 is 35.4 Å². The van der Waals surface area contributed by atoms with E-state index in [4.69, 9.17) is 9.47 Å². The number of aromatic hydroxyl groups is 1. The van der Waals surface area contributed by atoms with Crippen molar-refractivity contribution in [3.63, 3.8) is 0 Å². The van der Waals surface area contributed by atoms with Gasteiger partial charge in [-0.1, -0.05) is 87.6 Å². The first-order valence-electron chi connectivity index (χ1n) is 20.9. The second-order valence-corrected chi connectivity index (χ2v) is 16.1. The normalized spacial score (nSPS) is 25.3. The Morgan fingerprint density at radius 2 is 1.69 bits per heavy atom. The number of amides is 3. The van der Waals surface area contributed by atoms with Gasteiger partial charge in [0.15, 0.2) is 0 Å². The number of carbonyl (C=O) groups is 6. The van der Waals surface area contributed by atoms with E-state index < -0.39 is 77.7 Å². The number of nitrogens with zero attached hydrogens (tertiary/aromatic N) is 1. The summed E-state index contributed by atoms with van der Waals surface area (Å²) < 4.78 is 11.4. The van der Waals surface area contributed by atoms with E-state index in [1.54, 1.807) is 82.3 Å². The number of hydrogen-bond donors (Lipinski definition) is 5. The van der Waals surface area contributed by atoms with Crippen LogP contribution in [-0.4, -0.2) is 87.5 Å². The fourth-order valence-corrected chi connectivity index (χ4v) is 7.06. The van der Waals surface area contributed by atoms with Crippen LogP contribution in [0.15, 0.2) is 103 Å². The lowest BCUT2D eigenvalue weighted by molar-refractivity contribution is -0.156. The average molecular weight is 841 g/mol. The molecule has 1 unspecified atom stereocenters. The molecule has 2 bridgehead atoms. The highest BCUT2D eigenvalue weighted by Crippen LogP contribution is 2.24. The first-order valence-corrected chi connectivity index (χ1v) is 20.9. The summed E-state index contributed by atoms with van der Waals surface area (Å²) in [5.74, 6) is -4.62. The Hall–Kier alpha value is -5.86. The number of aliphatic hydroxyl groups is 1. The number of Topliss-reactive ketones (excluding diaryl/α,β-unsaturated/α-hetero) is 1. The van der Waals surface area contributed by atoms with E-state index in [0.29, 0.717) is 36.1 Å². The number of esters is 2. The molecule has 2 aromatic carbocycles. The summed E-state index contributed by atoms with van der Waals surface area (Å²) in [6.07, 6.45) is 11.3. The number of phenols is 1. The smallest absolute Gasteiger partial charge is 0.336 e. The lowest BCUT2D eigenvalue weighted by Gasteiger charge is -2.36. The molecule has 1 saturated heterocycles. The highest BCUT2D eigenvalue weighted by atomic mass is 16.5. The van der Waals surface area contributed by atoms with Gasteiger partial charge in [0.05, 0.1) is 12.0 Å². The van der Waals surface area contributed by atoms with Gasteiger partial charge >= 0.3 is 11.9 Å². The molecule has 61 heavy (non-hydrogen) atoms. The highest BCUT2D eigenvalue weighted by Gasteiger charge is 2.38. The lowest BCUT2D eigenvalue weighted by atomic mass is 9.85. The molecule has 0 aromatic heterocycles. The molecule has 0 spiro atoms. The number of aliphatic hydroxyl groups excluding tert-OH is 1. The molecule has 14 nitrogen and oxygen atoms in total. The Labute approximate surface area is 358 Å². The minimum atomic E-state index is -1.19. The maximum absolute atomic E-state index is 14.3. The monoisotopic (exact) mass is 840 g/mol. The summed E-state index contributed by atoms with van der Waals surface area (Å²) in [5.41, 5.74) is 4.19. The number of fused-ring (bicyclic) bond motifs is 2. The molecule has 328 valence electrons. The summed E-state index contributed by atoms with van der Waals surface area (Å²) >= 11 is 0. The van der Waals surface area contributed by atoms with Crippen LogP contribution in [0.3, 0.4) is 0 Å². The van der Waals surface area contributed by atoms with Gasteiger partial charge in [-0.2, -0.15) is 0 Å². The summed E-state index contributed by atoms with van der Waals surface area (Å²) in [6.45, 7) is 8.67. The first kappa shape index (κ1) is 47.8. The molecular formula is C47H60N4O10. The molecule has 0 radical (unpaired) electrons. The molecule has 4 rings (SSSR count). The molecule has 2 aromatic rings. The van der Waals surface area contributed by atoms with E-state index in [9.17, 15) is 39.0 Å². The van der Waals surface area contributed by atoms with Crippen LogP contribution in [-0.2, 0) is 39.9 Å². The van der Waals surface area contributed by atoms with Crippen LogP contribution in [0.25, 0.3) is 0 Å². The summed E-state index contributed by atoms with van der Waals surface area (Å²) in [5, 5.41) is 28.6. The molecule has 0 saturated carbocycles. The third-order valence-electron chi connectivity index (χ3n) is 10.6. The molecule has 1 fully saturated rings. The molecule has 7 atom stereocenters. The Morgan fingerprint density at radius 1 is 0.967 bits per heavy atom. The number of cyclic esters (lactones) is 1. The number of nitrogens with one attached hydrogen (secondary N) is 3. The van der Waals surface area contributed by atoms with Crippen molar-refractivity contribution in [2.75, 3.05) is 6.54 Å². The van der Waals surface area contributed by atoms with Crippen LogP contribution >= 0.6 is 0 Å². The molecule has 2 aliphatic heterocycles. The number of rotatable bonds is 10. The van der Waals surface area contributed by atoms with E-state index >= 15 is 0 Å². The van der Waals surface area contributed by atoms with Crippen LogP contribution in [0.1, 0.15) is 78.7 Å². The van der Waals surface area contributed by atoms with Gasteiger partial charge in [-0.15, -0.1) is 0 Å². The topological polar surface area (TPSA) is 201 Å². The van der Waals surface area contributed by atoms with Crippen molar-refractivity contribution in [2.24, 2.45) is 17.8 Å². The predicted octanol–water partition coefficient (Wildman–Crippen LogP) is 4.96. The summed E-state index contributed by atoms with van der Waals surface area (Å²) in [7, 11) is 0. The van der Waals surface area contributed by atoms with E-state index in [0.717, 1.165) is 0 Å². The number of benzene rings is 2. The maximum atomic E-state index is 14.3. The quantitative estimate of drug-likeness (QED) is 0.0937. The van der Waals surface area contributed by atoms with Gasteiger partial charge in [0.2, 0.25) is 11.8 Å². The van der Waals surface area contributed by atoms with Crippen molar-refractivity contribution < 1.29 is 48.5 Å². The van der Waals surface area contributed by atoms with Crippen LogP contribution in [0.2, 0.25) is 0 Å². The van der Waals surface area contributed by atoms with Crippen LogP contribution in [0.5, 0.6) is 11.5 Å². The van der Waals surface area contributed by atoms with Gasteiger partial charge in [-0.05, 0) is 86.8 Å². The fraction of sp³-hybridized carbons (Fsp3) is 0.447. The van der Waals surface area contributed by atoms with E-state index in [1.807, 2.05) is 18.2 Å². The van der Waals surface area contributed by atoms with Crippen LogP contribution in [0.4, 0.5) is 0 Å². The number of allylic oxidation sites excluding steroid dienone is 5. The summed E-state index contributed by atoms with van der Waals surface area (Å²) in [4.78, 5) is 80.6. The van der Waals surface area contributed by atoms with Crippen molar-refractivity contribution in [1.29, 1.82) is 0 Å². The Bertz CT molecular complexity index is 1960. The SMILES string of the molecule is CC(=O)CC[C@H]1C(=O)N[C@@H](C(C)C)C(=O)N[C@@H](Cc2cccc(O)c2)C(=O)N2CCCC(N2)C(=O)O[C@H](C(C)=CC=CC(=O)Oc2ccccc2)CC=CC=CC[C@H](C)[C@H]1O. The third kappa shape index (κ3) is 15.3. The second-order valence-electron chi connectivity index (χ2n) is 16.1. The molecule has 2 heterocycles. The largest absolute Gasteiger partial charge is 0.508 e. The number of hydrogen-bond acceptors (Lipinski definition) is 11. The minimum absolute atomic E-state index is 0.0270. The van der Waals surface area contributed by atoms with Crippen LogP contribution in [0, 0.1) is 17.8 Å². The average Bonchev–Trinajstić information content (AvgIpc) is 3.22. The Morgan fingerprint density at radius 3 is 2.38 bits per heavy atom. The van der Waals surface area contributed by atoms with Crippen molar-refractivity contribution in [2.45, 2.75) is 110 Å². The van der Waals surface area contributed by atoms with E-state index in [-0.39, 0.29) is 43.8 Å². The molecule has 3 amide bonds. The Balaban J connectivity index is 1.67. The number of para-hydroxylation sites is 1. The Kier molecular flexibility index (Phi) is 18.7. The standard InChI is InChI=1S/C47H60N4O10/c1-30(2)42-45(57)48-39(29-34-18-14-19-35(53)28-34)46(58)51-27-15-22-38(50-51)47(59)61-40(31(3)17-13-24-41(54)60-36-20-10-8-11-21-36)23-12-7-6-9-16-32(4)43(55)37(44(56)49-42)26-25-33(5)52/h6-14,17-21,24,28,30,32,37-40,42-43,50,53,55H,15-16,22-23,25-27,29H2,1-5H3,(H,48,57)(H,49,56)/t32-,37+,38?,39-,40-,42-,43+/m0/s1. The predicted molar refractivity (Wildman–Crippen MR) is 229 cm³/mol. The van der Waals surface area contributed by atoms with Crippen molar-refractivity contribution in [3.05, 3.63) is 108 Å². The van der Waals surface area contributed by atoms with Gasteiger partial charge in [0, 0.05) is 31.9 Å². The molecule has 2 aliphatic rings. The molecular weight excluding hydrogens is 781 g/mol. The highest BCUT2D eigenvalue weighted by molar-refractivity contribution is 5.93. The minimum Gasteiger partial charge on any atom is -0.508 e. The van der Waals surface area contributed by atoms with Crippen molar-refractivity contribution in [1.82, 2.24) is 21.1 Å². The van der Waals surface area contributed by atoms with Gasteiger partial charge in [-0.3, -0.25) is 24.2 Å². The number of ether oxygens (including phenoxy) is 2. The maximum Gasteiger partial charge on any atom is 0.336 e. The summed E-state index contributed by atoms with van der Waals surface area (Å²) in [6, 6.07) is 11.7. The van der Waals surface area contributed by atoms with E-state index in [1.165, 1.54) is 36.2 Å². The molecule has 0 aliphatic carbocycles. The zero-order valence-electron chi connectivity index (χ0n) is 35.6. The first-order chi connectivity index (χ1) is 29.1.